The van der Waals surface area contributed by atoms with E-state index in [2.05, 4.69) is 10.1 Å². The molecule has 1 aliphatic heterocycles. The number of hydrogen-bond donors (Lipinski definition) is 2. The van der Waals surface area contributed by atoms with E-state index in [0.717, 1.165) is 5.69 Å². The van der Waals surface area contributed by atoms with E-state index in [-0.39, 0.29) is 10.6 Å². The van der Waals surface area contributed by atoms with Gasteiger partial charge < -0.3 is 15.0 Å². The van der Waals surface area contributed by atoms with Crippen molar-refractivity contribution in [3.63, 3.8) is 0 Å². The Labute approximate surface area is 161 Å². The van der Waals surface area contributed by atoms with Crippen LogP contribution in [0.15, 0.2) is 58.6 Å². The molecule has 3 N–H and O–H groups in total. The lowest BCUT2D eigenvalue weighted by molar-refractivity contribution is -0.384. The van der Waals surface area contributed by atoms with Crippen LogP contribution in [0.1, 0.15) is 5.56 Å². The Morgan fingerprint density at radius 2 is 1.61 bits per heavy atom. The number of oxime groups is 1. The van der Waals surface area contributed by atoms with Gasteiger partial charge in [0, 0.05) is 49.6 Å². The lowest BCUT2D eigenvalue weighted by Gasteiger charge is -2.37. The third kappa shape index (κ3) is 4.21. The normalized spacial score (nSPS) is 15.5. The predicted octanol–water partition coefficient (Wildman–Crippen LogP) is 1.20. The molecular weight excluding hydrogens is 386 g/mol. The first kappa shape index (κ1) is 19.6. The number of piperazine rings is 1. The molecule has 0 unspecified atom stereocenters. The van der Waals surface area contributed by atoms with E-state index in [1.807, 2.05) is 4.90 Å². The zero-order chi connectivity index (χ0) is 20.3. The predicted molar refractivity (Wildman–Crippen MR) is 103 cm³/mol. The molecule has 1 fully saturated rings. The maximum Gasteiger partial charge on any atom is 0.269 e. The zero-order valence-electron chi connectivity index (χ0n) is 14.8. The van der Waals surface area contributed by atoms with E-state index in [9.17, 15) is 23.7 Å². The molecule has 0 bridgehead atoms. The van der Waals surface area contributed by atoms with Crippen LogP contribution in [0.4, 0.5) is 11.4 Å². The topological polar surface area (TPSA) is 142 Å². The lowest BCUT2D eigenvalue weighted by Crippen LogP contribution is -2.49. The van der Waals surface area contributed by atoms with Crippen LogP contribution < -0.4 is 10.0 Å². The number of sulfonamides is 1. The van der Waals surface area contributed by atoms with Crippen molar-refractivity contribution in [3.05, 3.63) is 64.2 Å². The smallest absolute Gasteiger partial charge is 0.269 e. The van der Waals surface area contributed by atoms with Crippen molar-refractivity contribution in [2.75, 3.05) is 31.1 Å². The molecular formula is C17H19N5O5S. The monoisotopic (exact) mass is 405 g/mol. The highest BCUT2D eigenvalue weighted by Gasteiger charge is 2.22. The van der Waals surface area contributed by atoms with E-state index < -0.39 is 14.9 Å². The molecule has 0 aromatic heterocycles. The molecule has 0 aliphatic carbocycles. The zero-order valence-corrected chi connectivity index (χ0v) is 15.6. The van der Waals surface area contributed by atoms with Crippen LogP contribution in [-0.4, -0.2) is 55.5 Å². The van der Waals surface area contributed by atoms with Crippen LogP contribution in [-0.2, 0) is 10.0 Å². The first-order chi connectivity index (χ1) is 13.3. The summed E-state index contributed by atoms with van der Waals surface area (Å²) in [6.07, 6.45) is 0. The highest BCUT2D eigenvalue weighted by molar-refractivity contribution is 7.89. The van der Waals surface area contributed by atoms with Gasteiger partial charge in [-0.25, -0.2) is 13.6 Å². The average molecular weight is 405 g/mol. The van der Waals surface area contributed by atoms with Crippen molar-refractivity contribution in [2.45, 2.75) is 4.90 Å². The molecule has 2 aromatic rings. The van der Waals surface area contributed by atoms with Crippen molar-refractivity contribution in [1.29, 1.82) is 0 Å². The summed E-state index contributed by atoms with van der Waals surface area (Å²) < 4.78 is 22.7. The number of nitro benzene ring substituents is 1. The summed E-state index contributed by atoms with van der Waals surface area (Å²) >= 11 is 0. The molecule has 1 aliphatic rings. The Kier molecular flexibility index (Phi) is 5.47. The summed E-state index contributed by atoms with van der Waals surface area (Å²) in [4.78, 5) is 14.3. The molecule has 0 radical (unpaired) electrons. The van der Waals surface area contributed by atoms with Crippen molar-refractivity contribution in [3.8, 4) is 0 Å². The minimum atomic E-state index is -3.73. The van der Waals surface area contributed by atoms with Gasteiger partial charge >= 0.3 is 0 Å². The number of nitro groups is 1. The van der Waals surface area contributed by atoms with E-state index in [1.54, 1.807) is 24.3 Å². The third-order valence-electron chi connectivity index (χ3n) is 4.54. The van der Waals surface area contributed by atoms with Gasteiger partial charge in [0.25, 0.3) is 5.69 Å². The maximum absolute atomic E-state index is 11.3. The molecule has 2 aromatic carbocycles. The summed E-state index contributed by atoms with van der Waals surface area (Å²) in [7, 11) is -3.73. The molecule has 0 saturated carbocycles. The summed E-state index contributed by atoms with van der Waals surface area (Å²) in [5, 5.41) is 28.7. The molecule has 1 saturated heterocycles. The molecule has 11 heteroatoms. The molecule has 10 nitrogen and oxygen atoms in total. The maximum atomic E-state index is 11.3. The number of anilines is 1. The molecule has 0 amide bonds. The SMILES string of the molecule is NS(=O)(=O)c1ccc(N2CCN(/C(=N/O)c3ccc([N+](=O)[O-])cc3)CC2)cc1. The minimum absolute atomic E-state index is 0.0335. The van der Waals surface area contributed by atoms with E-state index in [4.69, 9.17) is 5.14 Å². The van der Waals surface area contributed by atoms with Crippen LogP contribution >= 0.6 is 0 Å². The molecule has 148 valence electrons. The lowest BCUT2D eigenvalue weighted by atomic mass is 10.1. The van der Waals surface area contributed by atoms with Crippen molar-refractivity contribution in [2.24, 2.45) is 10.3 Å². The Balaban J connectivity index is 1.67. The average Bonchev–Trinajstić information content (AvgIpc) is 2.69. The van der Waals surface area contributed by atoms with Gasteiger partial charge in [-0.2, -0.15) is 0 Å². The number of amidine groups is 1. The fourth-order valence-corrected chi connectivity index (χ4v) is 3.57. The van der Waals surface area contributed by atoms with Crippen LogP contribution in [0, 0.1) is 10.1 Å². The first-order valence-electron chi connectivity index (χ1n) is 8.39. The van der Waals surface area contributed by atoms with Crippen LogP contribution in [0.5, 0.6) is 0 Å². The van der Waals surface area contributed by atoms with Gasteiger partial charge in [0.1, 0.15) is 0 Å². The first-order valence-corrected chi connectivity index (χ1v) is 9.94. The van der Waals surface area contributed by atoms with Crippen LogP contribution in [0.3, 0.4) is 0 Å². The second-order valence-electron chi connectivity index (χ2n) is 6.24. The summed E-state index contributed by atoms with van der Waals surface area (Å²) in [5.74, 6) is 0.346. The van der Waals surface area contributed by atoms with Crippen LogP contribution in [0.25, 0.3) is 0 Å². The Morgan fingerprint density at radius 3 is 2.07 bits per heavy atom. The molecule has 1 heterocycles. The number of hydrogen-bond acceptors (Lipinski definition) is 7. The van der Waals surface area contributed by atoms with Gasteiger partial charge in [-0.1, -0.05) is 5.16 Å². The van der Waals surface area contributed by atoms with Gasteiger partial charge in [0.2, 0.25) is 10.0 Å². The number of benzene rings is 2. The Bertz CT molecular complexity index is 982. The van der Waals surface area contributed by atoms with Gasteiger partial charge in [0.15, 0.2) is 5.84 Å². The second kappa shape index (κ2) is 7.82. The Morgan fingerprint density at radius 1 is 1.04 bits per heavy atom. The van der Waals surface area contributed by atoms with E-state index in [1.165, 1.54) is 24.3 Å². The standard InChI is InChI=1S/C17H19N5O5S/c18-28(26,27)16-7-5-14(6-8-16)20-9-11-21(12-10-20)17(19-23)13-1-3-15(4-2-13)22(24)25/h1-8,23H,9-12H2,(H2,18,26,27)/b19-17+. The Hall–Kier alpha value is -3.18. The van der Waals surface area contributed by atoms with Gasteiger partial charge in [0.05, 0.1) is 9.82 Å². The number of nitrogens with zero attached hydrogens (tertiary/aromatic N) is 4. The minimum Gasteiger partial charge on any atom is -0.409 e. The third-order valence-corrected chi connectivity index (χ3v) is 5.47. The van der Waals surface area contributed by atoms with Crippen molar-refractivity contribution in [1.82, 2.24) is 4.90 Å². The molecule has 0 spiro atoms. The van der Waals surface area contributed by atoms with Gasteiger partial charge in [-0.15, -0.1) is 0 Å². The van der Waals surface area contributed by atoms with E-state index >= 15 is 0 Å². The van der Waals surface area contributed by atoms with Gasteiger partial charge in [-0.05, 0) is 36.4 Å². The highest BCUT2D eigenvalue weighted by atomic mass is 32.2. The summed E-state index contributed by atoms with van der Waals surface area (Å²) in [6, 6.07) is 12.2. The molecule has 28 heavy (non-hydrogen) atoms. The fourth-order valence-electron chi connectivity index (χ4n) is 3.06. The van der Waals surface area contributed by atoms with Crippen molar-refractivity contribution < 1.29 is 18.5 Å². The number of primary sulfonamides is 1. The number of nitrogens with two attached hydrogens (primary N) is 1. The fraction of sp³-hybridized carbons (Fsp3) is 0.235. The summed E-state index contributed by atoms with van der Waals surface area (Å²) in [6.45, 7) is 2.38. The quantitative estimate of drug-likeness (QED) is 0.256. The van der Waals surface area contributed by atoms with Gasteiger partial charge in [-0.3, -0.25) is 10.1 Å². The summed E-state index contributed by atoms with van der Waals surface area (Å²) in [5.41, 5.74) is 1.41. The van der Waals surface area contributed by atoms with E-state index in [0.29, 0.717) is 37.6 Å². The van der Waals surface area contributed by atoms with Crippen molar-refractivity contribution >= 4 is 27.2 Å². The molecule has 3 rings (SSSR count). The largest absolute Gasteiger partial charge is 0.409 e. The molecule has 0 atom stereocenters. The second-order valence-corrected chi connectivity index (χ2v) is 7.80. The number of non-ortho nitro benzene ring substituents is 1. The highest BCUT2D eigenvalue weighted by Crippen LogP contribution is 2.20. The van der Waals surface area contributed by atoms with Crippen LogP contribution in [0.2, 0.25) is 0 Å². The number of rotatable bonds is 4.